The molecule has 2 unspecified atom stereocenters. The number of hydrogen-bond acceptors (Lipinski definition) is 8. The van der Waals surface area contributed by atoms with Crippen LogP contribution in [0.3, 0.4) is 0 Å². The molecule has 6 aromatic carbocycles. The molecule has 7 aliphatic rings. The molecule has 717 valence electrons. The topological polar surface area (TPSA) is 218 Å². The summed E-state index contributed by atoms with van der Waals surface area (Å²) < 4.78 is 0. The molecule has 1 saturated carbocycles. The van der Waals surface area contributed by atoms with E-state index in [2.05, 4.69) is 229 Å². The first-order chi connectivity index (χ1) is 60.3. The Balaban J connectivity index is 0.000000329. The molecule has 0 spiro atoms. The Morgan fingerprint density at radius 2 is 0.977 bits per heavy atom. The minimum atomic E-state index is -0.306. The Bertz CT molecular complexity index is 5490. The van der Waals surface area contributed by atoms with Gasteiger partial charge in [-0.3, -0.25) is 24.2 Å². The summed E-state index contributed by atoms with van der Waals surface area (Å²) in [5, 5.41) is 36.2. The molecule has 2 atom stereocenters. The number of pyridine rings is 4. The maximum atomic E-state index is 9.60. The molecule has 17 rings (SSSR count). The first-order valence-electron chi connectivity index (χ1n) is 46.5. The van der Waals surface area contributed by atoms with Crippen molar-refractivity contribution in [3.05, 3.63) is 307 Å². The van der Waals surface area contributed by atoms with Gasteiger partial charge in [-0.1, -0.05) is 213 Å². The van der Waals surface area contributed by atoms with E-state index in [4.69, 9.17) is 39.7 Å². The molecule has 132 heavy (non-hydrogen) atoms. The van der Waals surface area contributed by atoms with Gasteiger partial charge in [0.05, 0.1) is 73.3 Å². The number of aliphatic hydroxyl groups excluding tert-OH is 4. The second-order valence-electron chi connectivity index (χ2n) is 38.6. The van der Waals surface area contributed by atoms with Crippen LogP contribution < -0.4 is 0 Å². The Kier molecular flexibility index (Phi) is 47.7. The number of aryl methyl sites for hydroxylation is 12. The summed E-state index contributed by atoms with van der Waals surface area (Å²) in [7, 11) is 0. The van der Waals surface area contributed by atoms with Gasteiger partial charge in [0.2, 0.25) is 0 Å². The van der Waals surface area contributed by atoms with Gasteiger partial charge in [-0.05, 0) is 228 Å². The number of carbonyl (C=O) groups excluding carboxylic acids is 4. The van der Waals surface area contributed by atoms with Crippen LogP contribution in [0.25, 0.3) is 55.9 Å². The van der Waals surface area contributed by atoms with Crippen molar-refractivity contribution in [3.8, 4) is 45.0 Å². The molecule has 4 heterocycles. The van der Waals surface area contributed by atoms with Gasteiger partial charge >= 0.3 is 23.1 Å². The molecule has 2 bridgehead atoms. The van der Waals surface area contributed by atoms with Crippen molar-refractivity contribution in [1.82, 2.24) is 19.9 Å². The van der Waals surface area contributed by atoms with Crippen molar-refractivity contribution in [2.24, 2.45) is 22.2 Å². The Morgan fingerprint density at radius 1 is 0.485 bits per heavy atom. The number of benzene rings is 6. The molecule has 0 saturated heterocycles. The van der Waals surface area contributed by atoms with Gasteiger partial charge in [0, 0.05) is 110 Å². The van der Waals surface area contributed by atoms with Gasteiger partial charge in [0.1, 0.15) is 5.76 Å². The summed E-state index contributed by atoms with van der Waals surface area (Å²) in [6, 6.07) is 60.5. The zero-order chi connectivity index (χ0) is 92.5. The maximum absolute atomic E-state index is 9.60. The van der Waals surface area contributed by atoms with E-state index in [1.807, 2.05) is 47.7 Å². The number of fused-ring (bicyclic) bond motifs is 3. The molecule has 4 aromatic heterocycles. The molecule has 3 radical (unpaired) electrons. The molecular weight excluding hydrogens is 2170 g/mol. The fraction of sp³-hybridized carbons (Fsp3) is 0.431. The quantitative estimate of drug-likeness (QED) is 0.0239. The summed E-state index contributed by atoms with van der Waals surface area (Å²) in [5.41, 5.74) is 33.0. The Labute approximate surface area is 845 Å². The number of ketones is 4. The van der Waals surface area contributed by atoms with E-state index in [1.165, 1.54) is 281 Å². The zero-order valence-electron chi connectivity index (χ0n) is 81.3. The van der Waals surface area contributed by atoms with Crippen molar-refractivity contribution >= 4 is 34.0 Å². The molecule has 16 heteroatoms. The van der Waals surface area contributed by atoms with Gasteiger partial charge < -0.3 is 35.4 Å². The van der Waals surface area contributed by atoms with E-state index in [1.54, 1.807) is 5.56 Å². The van der Waals surface area contributed by atoms with Crippen molar-refractivity contribution in [1.29, 1.82) is 0 Å². The van der Waals surface area contributed by atoms with Crippen LogP contribution >= 0.6 is 0 Å². The summed E-state index contributed by atoms with van der Waals surface area (Å²) in [6.07, 6.45) is 39.8. The van der Waals surface area contributed by atoms with E-state index >= 15 is 0 Å². The summed E-state index contributed by atoms with van der Waals surface area (Å²) in [4.78, 5) is 53.9. The average Bonchev–Trinajstić information content (AvgIpc) is 0.713. The van der Waals surface area contributed by atoms with E-state index in [0.29, 0.717) is 5.41 Å². The molecule has 1 fully saturated rings. The molecule has 0 amide bonds. The van der Waals surface area contributed by atoms with E-state index in [9.17, 15) is 9.90 Å². The van der Waals surface area contributed by atoms with Gasteiger partial charge in [-0.2, -0.15) is 0 Å². The van der Waals surface area contributed by atoms with E-state index in [-0.39, 0.29) is 150 Å². The minimum absolute atomic E-state index is 0. The largest absolute Gasteiger partial charge is 0.512 e. The molecule has 8 N–H and O–H groups in total. The maximum Gasteiger partial charge on any atom is 0.325 e. The van der Waals surface area contributed by atoms with Crippen molar-refractivity contribution < 1.29 is 120 Å². The van der Waals surface area contributed by atoms with Crippen LogP contribution in [0.4, 0.5) is 0 Å². The van der Waals surface area contributed by atoms with Crippen LogP contribution in [0.5, 0.6) is 0 Å². The predicted molar refractivity (Wildman–Crippen MR) is 537 cm³/mol. The van der Waals surface area contributed by atoms with Gasteiger partial charge in [0.25, 0.3) is 0 Å². The second kappa shape index (κ2) is 54.4. The van der Waals surface area contributed by atoms with Crippen molar-refractivity contribution in [2.75, 3.05) is 0 Å². The molecule has 12 nitrogen and oxygen atoms in total. The smallest absolute Gasteiger partial charge is 0.325 e. The zero-order valence-corrected chi connectivity index (χ0v) is 89.2. The van der Waals surface area contributed by atoms with Crippen LogP contribution in [0, 0.1) is 53.4 Å². The fourth-order valence-corrected chi connectivity index (χ4v) is 17.7. The van der Waals surface area contributed by atoms with Gasteiger partial charge in [-0.25, -0.2) is 0 Å². The number of allylic oxidation sites excluding steroid dienone is 8. The first kappa shape index (κ1) is 116. The third-order valence-corrected chi connectivity index (χ3v) is 25.2. The molecule has 10 aromatic rings. The van der Waals surface area contributed by atoms with Crippen LogP contribution in [0.2, 0.25) is 0 Å². The predicted octanol–water partition coefficient (Wildman–Crippen LogP) is 28.4. The number of rotatable bonds is 16. The minimum Gasteiger partial charge on any atom is -0.512 e. The van der Waals surface area contributed by atoms with E-state index < -0.39 is 0 Å². The van der Waals surface area contributed by atoms with E-state index in [0.717, 1.165) is 83.4 Å². The summed E-state index contributed by atoms with van der Waals surface area (Å²) in [5.74, 6) is 2.76. The number of unbranched alkanes of at least 4 members (excludes halogenated alkanes) is 1. The van der Waals surface area contributed by atoms with Crippen LogP contribution in [-0.2, 0) is 163 Å². The fourth-order valence-electron chi connectivity index (χ4n) is 17.7. The average molecular weight is 2320 g/mol. The third kappa shape index (κ3) is 33.6. The van der Waals surface area contributed by atoms with Crippen LogP contribution in [-0.4, -0.2) is 82.7 Å². The van der Waals surface area contributed by atoms with Crippen LogP contribution in [0.1, 0.15) is 305 Å². The number of aliphatic hydroxyl groups is 4. The Morgan fingerprint density at radius 3 is 1.49 bits per heavy atom. The SMILES string of the molecule is C.CC(=[OH+])C=C(C)O.CC(=[OH+])C=C(C)O.CC(=[OH+])C=C(C)O.CC(C)(C)C(=[OH+])C=C(O)C(C)(C)C.CC1(C)C2Cc3cc(-c4[c-]cc5c(c4)CCCC5)ncc3C1C2.CCCCc1ccnc(-c2[c-]cc(CCC)c(C)c2)c1.CCc1ccccc1C(C)(C)c1cc[c-]c(-c2cc3c4c(cccc4n2)CCC3)c1.[Ir].[Pt].[Rh].[Rh].[c-]1cc2c(cc1-c1cc3c(cn1)CCCC3)CCCC2. The van der Waals surface area contributed by atoms with Crippen molar-refractivity contribution in [3.63, 3.8) is 0 Å². The second-order valence-corrected chi connectivity index (χ2v) is 38.6. The summed E-state index contributed by atoms with van der Waals surface area (Å²) in [6.45, 7) is 38.8. The number of nitrogens with zero attached hydrogens (tertiary/aromatic N) is 4. The number of hydrogen-bond donors (Lipinski definition) is 4. The first-order valence-corrected chi connectivity index (χ1v) is 46.5. The van der Waals surface area contributed by atoms with Crippen molar-refractivity contribution in [2.45, 2.75) is 305 Å². The van der Waals surface area contributed by atoms with Gasteiger partial charge in [-0.15, -0.1) is 140 Å². The van der Waals surface area contributed by atoms with Crippen LogP contribution in [0.15, 0.2) is 193 Å². The number of aromatic nitrogens is 4. The van der Waals surface area contributed by atoms with Gasteiger partial charge in [0.15, 0.2) is 0 Å². The molecule has 0 aliphatic heterocycles. The Hall–Kier alpha value is -8.40. The molecule has 7 aliphatic carbocycles. The molecular formula is C116H148IrN4O8PtRh2. The third-order valence-electron chi connectivity index (χ3n) is 25.2. The normalized spacial score (nSPS) is 15.3. The standard InChI is InChI=1S/C29H28N.C22H24N.C19H20N.C19H24N.C11H20O2.3C5H8O2.CH4.Ir.Pt.2Rh/c1-4-20-10-5-6-16-25(20)29(2,3)24-15-8-13-22(18-24)27-19-23-14-7-11-21-12-9-17-26(30-27)28(21)23;1-22(2)18-10-17-11-21(23-13-19(17)20(22)12-18)16-8-7-14-5-3-4-6-15(14)9-16;1-2-6-15-11-17(10-9-14(15)5-1)19-12-16-7-3-4-8-18(16)13-20-19;1-4-6-8-16-11-12-20-19(14-16)18-10-9-17(7-5-2)15(3)13-18;1-10(2,3)8(12)7-9(13)11(4,5)6;3*1-4(6)3-5(2)7;;;;;/h5-6,8-10,12,15-19H,4,7,11,14H2,1-3H3;7,9,11,13,18,20H,3-6,10,12H2,1-2H3;9,11-13H,1-8H2;9,11-14H,4-8H2,1-3H3;7,12H,1-6H3;3*3,6H,1-2H3;1H4;;;;/q4*-1;;;;;;;;;/p+4. The summed E-state index contributed by atoms with van der Waals surface area (Å²) >= 11 is 0. The monoisotopic (exact) mass is 2320 g/mol.